The van der Waals surface area contributed by atoms with Gasteiger partial charge < -0.3 is 9.64 Å². The highest BCUT2D eigenvalue weighted by atomic mass is 16.6. The molecule has 1 aliphatic rings. The third-order valence-electron chi connectivity index (χ3n) is 2.81. The van der Waals surface area contributed by atoms with E-state index in [4.69, 9.17) is 4.74 Å². The van der Waals surface area contributed by atoms with Crippen LogP contribution in [0.1, 0.15) is 40.5 Å². The SMILES string of the molecule is CC1(N=C=O)CCN(C(=O)OC(C)(C)C)CC1. The molecule has 96 valence electrons. The van der Waals surface area contributed by atoms with Crippen molar-refractivity contribution in [3.8, 4) is 0 Å². The van der Waals surface area contributed by atoms with Crippen LogP contribution in [0.4, 0.5) is 4.79 Å². The number of hydrogen-bond acceptors (Lipinski definition) is 4. The van der Waals surface area contributed by atoms with Crippen molar-refractivity contribution >= 4 is 12.2 Å². The van der Waals surface area contributed by atoms with Crippen molar-refractivity contribution < 1.29 is 14.3 Å². The van der Waals surface area contributed by atoms with Crippen molar-refractivity contribution in [2.75, 3.05) is 13.1 Å². The summed E-state index contributed by atoms with van der Waals surface area (Å²) in [7, 11) is 0. The summed E-state index contributed by atoms with van der Waals surface area (Å²) >= 11 is 0. The molecule has 1 amide bonds. The molecule has 1 heterocycles. The minimum Gasteiger partial charge on any atom is -0.444 e. The van der Waals surface area contributed by atoms with Crippen LogP contribution in [0.25, 0.3) is 0 Å². The maximum absolute atomic E-state index is 11.8. The lowest BCUT2D eigenvalue weighted by atomic mass is 9.91. The predicted octanol–water partition coefficient (Wildman–Crippen LogP) is 2.11. The van der Waals surface area contributed by atoms with E-state index in [1.807, 2.05) is 27.7 Å². The number of carbonyl (C=O) groups is 1. The van der Waals surface area contributed by atoms with Crippen LogP contribution in [0, 0.1) is 0 Å². The van der Waals surface area contributed by atoms with Gasteiger partial charge in [0.15, 0.2) is 0 Å². The molecule has 0 aromatic heterocycles. The summed E-state index contributed by atoms with van der Waals surface area (Å²) in [6, 6.07) is 0. The summed E-state index contributed by atoms with van der Waals surface area (Å²) in [5, 5.41) is 0. The van der Waals surface area contributed by atoms with E-state index >= 15 is 0 Å². The zero-order valence-corrected chi connectivity index (χ0v) is 10.9. The predicted molar refractivity (Wildman–Crippen MR) is 63.6 cm³/mol. The molecule has 1 saturated heterocycles. The first-order chi connectivity index (χ1) is 7.76. The Labute approximate surface area is 102 Å². The first kappa shape index (κ1) is 13.7. The Balaban J connectivity index is 2.52. The van der Waals surface area contributed by atoms with E-state index in [-0.39, 0.29) is 11.6 Å². The number of amides is 1. The second kappa shape index (κ2) is 4.88. The average Bonchev–Trinajstić information content (AvgIpc) is 2.15. The van der Waals surface area contributed by atoms with Gasteiger partial charge in [0.1, 0.15) is 5.60 Å². The van der Waals surface area contributed by atoms with Crippen molar-refractivity contribution in [1.82, 2.24) is 4.90 Å². The summed E-state index contributed by atoms with van der Waals surface area (Å²) in [6.07, 6.45) is 2.64. The fraction of sp³-hybridized carbons (Fsp3) is 0.833. The normalized spacial score (nSPS) is 19.4. The first-order valence-corrected chi connectivity index (χ1v) is 5.83. The molecule has 0 atom stereocenters. The smallest absolute Gasteiger partial charge is 0.410 e. The number of piperidine rings is 1. The Morgan fingerprint density at radius 2 is 1.88 bits per heavy atom. The van der Waals surface area contributed by atoms with Gasteiger partial charge in [0, 0.05) is 13.1 Å². The molecule has 0 aromatic rings. The molecule has 1 rings (SSSR count). The van der Waals surface area contributed by atoms with E-state index < -0.39 is 5.60 Å². The highest BCUT2D eigenvalue weighted by Gasteiger charge is 2.33. The molecule has 5 nitrogen and oxygen atoms in total. The van der Waals surface area contributed by atoms with Gasteiger partial charge in [-0.3, -0.25) is 0 Å². The summed E-state index contributed by atoms with van der Waals surface area (Å²) in [5.41, 5.74) is -0.848. The molecule has 0 N–H and O–H groups in total. The lowest BCUT2D eigenvalue weighted by molar-refractivity contribution is 0.0178. The molecule has 0 aliphatic carbocycles. The lowest BCUT2D eigenvalue weighted by Gasteiger charge is -2.36. The third-order valence-corrected chi connectivity index (χ3v) is 2.81. The fourth-order valence-corrected chi connectivity index (χ4v) is 1.72. The van der Waals surface area contributed by atoms with E-state index in [0.717, 1.165) is 0 Å². The number of rotatable bonds is 1. The van der Waals surface area contributed by atoms with Crippen molar-refractivity contribution in [3.05, 3.63) is 0 Å². The molecule has 0 bridgehead atoms. The molecular weight excluding hydrogens is 220 g/mol. The Kier molecular flexibility index (Phi) is 3.94. The van der Waals surface area contributed by atoms with Gasteiger partial charge in [-0.05, 0) is 40.5 Å². The number of isocyanates is 1. The number of ether oxygens (including phenoxy) is 1. The van der Waals surface area contributed by atoms with Crippen molar-refractivity contribution in [2.45, 2.75) is 51.7 Å². The standard InChI is InChI=1S/C12H20N2O3/c1-11(2,3)17-10(16)14-7-5-12(4,6-8-14)13-9-15/h5-8H2,1-4H3. The number of likely N-dealkylation sites (tertiary alicyclic amines) is 1. The molecule has 0 radical (unpaired) electrons. The van der Waals surface area contributed by atoms with Gasteiger partial charge in [-0.1, -0.05) is 0 Å². The average molecular weight is 240 g/mol. The molecule has 0 spiro atoms. The van der Waals surface area contributed by atoms with Crippen molar-refractivity contribution in [3.63, 3.8) is 0 Å². The summed E-state index contributed by atoms with van der Waals surface area (Å²) < 4.78 is 5.28. The molecule has 0 unspecified atom stereocenters. The Morgan fingerprint density at radius 1 is 1.35 bits per heavy atom. The number of nitrogens with zero attached hydrogens (tertiary/aromatic N) is 2. The molecule has 0 saturated carbocycles. The molecule has 5 heteroatoms. The monoisotopic (exact) mass is 240 g/mol. The van der Waals surface area contributed by atoms with E-state index in [2.05, 4.69) is 4.99 Å². The topological polar surface area (TPSA) is 59.0 Å². The second-order valence-electron chi connectivity index (χ2n) is 5.67. The van der Waals surface area contributed by atoms with Crippen LogP contribution < -0.4 is 0 Å². The Hall–Kier alpha value is -1.35. The zero-order valence-electron chi connectivity index (χ0n) is 10.9. The quantitative estimate of drug-likeness (QED) is 0.521. The first-order valence-electron chi connectivity index (χ1n) is 5.83. The van der Waals surface area contributed by atoms with Gasteiger partial charge in [0.25, 0.3) is 0 Å². The largest absolute Gasteiger partial charge is 0.444 e. The minimum atomic E-state index is -0.473. The van der Waals surface area contributed by atoms with Gasteiger partial charge in [0.05, 0.1) is 5.54 Å². The van der Waals surface area contributed by atoms with Crippen LogP contribution in [0.15, 0.2) is 4.99 Å². The van der Waals surface area contributed by atoms with Gasteiger partial charge in [-0.2, -0.15) is 4.99 Å². The van der Waals surface area contributed by atoms with Gasteiger partial charge in [-0.15, -0.1) is 0 Å². The van der Waals surface area contributed by atoms with E-state index in [1.165, 1.54) is 0 Å². The van der Waals surface area contributed by atoms with Crippen LogP contribution in [0.5, 0.6) is 0 Å². The highest BCUT2D eigenvalue weighted by Crippen LogP contribution is 2.26. The van der Waals surface area contributed by atoms with E-state index in [1.54, 1.807) is 11.0 Å². The van der Waals surface area contributed by atoms with Crippen molar-refractivity contribution in [1.29, 1.82) is 0 Å². The zero-order chi connectivity index (χ0) is 13.1. The Bertz CT molecular complexity index is 332. The molecule has 1 aliphatic heterocycles. The number of hydrogen-bond donors (Lipinski definition) is 0. The molecule has 17 heavy (non-hydrogen) atoms. The molecule has 1 fully saturated rings. The molecular formula is C12H20N2O3. The highest BCUT2D eigenvalue weighted by molar-refractivity contribution is 5.68. The number of carbonyl (C=O) groups excluding carboxylic acids is 2. The summed E-state index contributed by atoms with van der Waals surface area (Å²) in [4.78, 5) is 27.5. The maximum Gasteiger partial charge on any atom is 0.410 e. The van der Waals surface area contributed by atoms with Gasteiger partial charge in [0.2, 0.25) is 6.08 Å². The molecule has 0 aromatic carbocycles. The maximum atomic E-state index is 11.8. The number of aliphatic imine (C=N–C) groups is 1. The van der Waals surface area contributed by atoms with Gasteiger partial charge >= 0.3 is 6.09 Å². The van der Waals surface area contributed by atoms with Crippen LogP contribution in [-0.2, 0) is 9.53 Å². The third kappa shape index (κ3) is 4.19. The second-order valence-corrected chi connectivity index (χ2v) is 5.67. The fourth-order valence-electron chi connectivity index (χ4n) is 1.72. The lowest BCUT2D eigenvalue weighted by Crippen LogP contribution is -2.46. The summed E-state index contributed by atoms with van der Waals surface area (Å²) in [6.45, 7) is 8.57. The summed E-state index contributed by atoms with van der Waals surface area (Å²) in [5.74, 6) is 0. The minimum absolute atomic E-state index is 0.297. The van der Waals surface area contributed by atoms with E-state index in [9.17, 15) is 9.59 Å². The van der Waals surface area contributed by atoms with Crippen LogP contribution in [-0.4, -0.2) is 41.3 Å². The van der Waals surface area contributed by atoms with Crippen LogP contribution >= 0.6 is 0 Å². The van der Waals surface area contributed by atoms with Gasteiger partial charge in [-0.25, -0.2) is 9.59 Å². The van der Waals surface area contributed by atoms with E-state index in [0.29, 0.717) is 25.9 Å². The van der Waals surface area contributed by atoms with Crippen LogP contribution in [0.2, 0.25) is 0 Å². The van der Waals surface area contributed by atoms with Crippen LogP contribution in [0.3, 0.4) is 0 Å². The Morgan fingerprint density at radius 3 is 2.29 bits per heavy atom. The van der Waals surface area contributed by atoms with Crippen molar-refractivity contribution in [2.24, 2.45) is 4.99 Å².